The monoisotopic (exact) mass is 164 g/mol. The van der Waals surface area contributed by atoms with Gasteiger partial charge in [-0.05, 0) is 24.0 Å². The van der Waals surface area contributed by atoms with E-state index in [0.717, 1.165) is 19.4 Å². The fourth-order valence-corrected chi connectivity index (χ4v) is 1.35. The summed E-state index contributed by atoms with van der Waals surface area (Å²) in [6.07, 6.45) is 2.11. The van der Waals surface area contributed by atoms with E-state index >= 15 is 0 Å². The molecule has 0 aliphatic rings. The SMILES string of the molecule is CCc1ccccc1CCNN. The second kappa shape index (κ2) is 4.91. The number of rotatable bonds is 4. The molecule has 0 heterocycles. The molecule has 0 atom stereocenters. The predicted octanol–water partition coefficient (Wildman–Crippen LogP) is 1.25. The number of aryl methyl sites for hydroxylation is 1. The summed E-state index contributed by atoms with van der Waals surface area (Å²) in [6.45, 7) is 3.02. The Morgan fingerprint density at radius 2 is 1.92 bits per heavy atom. The Balaban J connectivity index is 2.68. The smallest absolute Gasteiger partial charge is 0.0138 e. The van der Waals surface area contributed by atoms with E-state index in [9.17, 15) is 0 Å². The first-order valence-corrected chi connectivity index (χ1v) is 4.38. The van der Waals surface area contributed by atoms with Crippen LogP contribution in [0, 0.1) is 0 Å². The number of hydrazine groups is 1. The average Bonchev–Trinajstić information content (AvgIpc) is 2.15. The molecule has 2 heteroatoms. The minimum absolute atomic E-state index is 0.844. The third-order valence-corrected chi connectivity index (χ3v) is 2.04. The zero-order valence-corrected chi connectivity index (χ0v) is 7.51. The molecule has 0 aromatic heterocycles. The van der Waals surface area contributed by atoms with Crippen molar-refractivity contribution in [3.8, 4) is 0 Å². The van der Waals surface area contributed by atoms with E-state index < -0.39 is 0 Å². The lowest BCUT2D eigenvalue weighted by atomic mass is 10.0. The molecule has 3 N–H and O–H groups in total. The van der Waals surface area contributed by atoms with E-state index in [1.165, 1.54) is 11.1 Å². The number of benzene rings is 1. The third kappa shape index (κ3) is 2.32. The van der Waals surface area contributed by atoms with Gasteiger partial charge < -0.3 is 0 Å². The molecule has 0 saturated carbocycles. The highest BCUT2D eigenvalue weighted by Gasteiger charge is 1.97. The van der Waals surface area contributed by atoms with E-state index in [1.54, 1.807) is 0 Å². The summed E-state index contributed by atoms with van der Waals surface area (Å²) in [7, 11) is 0. The second-order valence-electron chi connectivity index (χ2n) is 2.83. The van der Waals surface area contributed by atoms with Gasteiger partial charge in [-0.2, -0.15) is 0 Å². The molecule has 1 rings (SSSR count). The van der Waals surface area contributed by atoms with Crippen LogP contribution >= 0.6 is 0 Å². The van der Waals surface area contributed by atoms with Crippen molar-refractivity contribution in [3.05, 3.63) is 35.4 Å². The van der Waals surface area contributed by atoms with Gasteiger partial charge in [0, 0.05) is 6.54 Å². The Labute approximate surface area is 73.8 Å². The summed E-state index contributed by atoms with van der Waals surface area (Å²) in [5.41, 5.74) is 5.49. The maximum Gasteiger partial charge on any atom is 0.0138 e. The minimum atomic E-state index is 0.844. The zero-order valence-electron chi connectivity index (χ0n) is 7.51. The van der Waals surface area contributed by atoms with Gasteiger partial charge in [0.25, 0.3) is 0 Å². The summed E-state index contributed by atoms with van der Waals surface area (Å²) in [4.78, 5) is 0. The van der Waals surface area contributed by atoms with Crippen LogP contribution in [-0.2, 0) is 12.8 Å². The van der Waals surface area contributed by atoms with E-state index in [0.29, 0.717) is 0 Å². The molecular formula is C10H16N2. The van der Waals surface area contributed by atoms with E-state index in [2.05, 4.69) is 36.6 Å². The van der Waals surface area contributed by atoms with E-state index in [1.807, 2.05) is 0 Å². The number of nitrogens with two attached hydrogens (primary N) is 1. The molecule has 66 valence electrons. The molecule has 0 radical (unpaired) electrons. The summed E-state index contributed by atoms with van der Waals surface area (Å²) < 4.78 is 0. The van der Waals surface area contributed by atoms with Gasteiger partial charge in [0.15, 0.2) is 0 Å². The first-order chi connectivity index (χ1) is 5.88. The zero-order chi connectivity index (χ0) is 8.81. The molecule has 12 heavy (non-hydrogen) atoms. The van der Waals surface area contributed by atoms with Gasteiger partial charge in [0.1, 0.15) is 0 Å². The standard InChI is InChI=1S/C10H16N2/c1-2-9-5-3-4-6-10(9)7-8-12-11/h3-6,12H,2,7-8,11H2,1H3. The highest BCUT2D eigenvalue weighted by Crippen LogP contribution is 2.09. The maximum atomic E-state index is 5.22. The van der Waals surface area contributed by atoms with Gasteiger partial charge in [-0.15, -0.1) is 0 Å². The minimum Gasteiger partial charge on any atom is -0.271 e. The normalized spacial score (nSPS) is 10.2. The van der Waals surface area contributed by atoms with Gasteiger partial charge in [-0.1, -0.05) is 31.2 Å². The summed E-state index contributed by atoms with van der Waals surface area (Å²) >= 11 is 0. The number of hydrogen-bond donors (Lipinski definition) is 2. The highest BCUT2D eigenvalue weighted by atomic mass is 15.2. The van der Waals surface area contributed by atoms with Crippen molar-refractivity contribution in [1.29, 1.82) is 0 Å². The summed E-state index contributed by atoms with van der Waals surface area (Å²) in [6, 6.07) is 8.49. The molecule has 0 spiro atoms. The van der Waals surface area contributed by atoms with Crippen LogP contribution in [0.2, 0.25) is 0 Å². The van der Waals surface area contributed by atoms with Gasteiger partial charge in [0.2, 0.25) is 0 Å². The molecule has 0 unspecified atom stereocenters. The lowest BCUT2D eigenvalue weighted by Crippen LogP contribution is -2.24. The Morgan fingerprint density at radius 1 is 1.25 bits per heavy atom. The van der Waals surface area contributed by atoms with Crippen LogP contribution in [-0.4, -0.2) is 6.54 Å². The van der Waals surface area contributed by atoms with E-state index in [-0.39, 0.29) is 0 Å². The number of nitrogens with one attached hydrogen (secondary N) is 1. The Bertz CT molecular complexity index is 233. The van der Waals surface area contributed by atoms with Crippen LogP contribution in [0.1, 0.15) is 18.1 Å². The Morgan fingerprint density at radius 3 is 2.50 bits per heavy atom. The first kappa shape index (κ1) is 9.23. The molecule has 0 aliphatic carbocycles. The molecular weight excluding hydrogens is 148 g/mol. The Kier molecular flexibility index (Phi) is 3.77. The van der Waals surface area contributed by atoms with Gasteiger partial charge in [0.05, 0.1) is 0 Å². The van der Waals surface area contributed by atoms with Crippen LogP contribution in [0.3, 0.4) is 0 Å². The molecule has 1 aromatic rings. The molecule has 2 nitrogen and oxygen atoms in total. The van der Waals surface area contributed by atoms with Crippen molar-refractivity contribution in [3.63, 3.8) is 0 Å². The van der Waals surface area contributed by atoms with Crippen LogP contribution < -0.4 is 11.3 Å². The lowest BCUT2D eigenvalue weighted by molar-refractivity contribution is 0.725. The second-order valence-corrected chi connectivity index (χ2v) is 2.83. The summed E-state index contributed by atoms with van der Waals surface area (Å²) in [5.74, 6) is 5.22. The van der Waals surface area contributed by atoms with Crippen LogP contribution in [0.25, 0.3) is 0 Å². The Hall–Kier alpha value is -0.860. The molecule has 0 fully saturated rings. The largest absolute Gasteiger partial charge is 0.271 e. The van der Waals surface area contributed by atoms with Crippen molar-refractivity contribution >= 4 is 0 Å². The van der Waals surface area contributed by atoms with Crippen LogP contribution in [0.4, 0.5) is 0 Å². The van der Waals surface area contributed by atoms with Gasteiger partial charge in [-0.3, -0.25) is 11.3 Å². The van der Waals surface area contributed by atoms with Gasteiger partial charge in [-0.25, -0.2) is 0 Å². The van der Waals surface area contributed by atoms with Crippen LogP contribution in [0.5, 0.6) is 0 Å². The van der Waals surface area contributed by atoms with Gasteiger partial charge >= 0.3 is 0 Å². The fraction of sp³-hybridized carbons (Fsp3) is 0.400. The van der Waals surface area contributed by atoms with Crippen molar-refractivity contribution < 1.29 is 0 Å². The van der Waals surface area contributed by atoms with E-state index in [4.69, 9.17) is 5.84 Å². The quantitative estimate of drug-likeness (QED) is 0.519. The van der Waals surface area contributed by atoms with Crippen molar-refractivity contribution in [2.75, 3.05) is 6.54 Å². The summed E-state index contributed by atoms with van der Waals surface area (Å²) in [5, 5.41) is 0. The predicted molar refractivity (Wildman–Crippen MR) is 51.7 cm³/mol. The van der Waals surface area contributed by atoms with Crippen LogP contribution in [0.15, 0.2) is 24.3 Å². The topological polar surface area (TPSA) is 38.0 Å². The van der Waals surface area contributed by atoms with Crippen molar-refractivity contribution in [2.24, 2.45) is 5.84 Å². The third-order valence-electron chi connectivity index (χ3n) is 2.04. The molecule has 1 aromatic carbocycles. The van der Waals surface area contributed by atoms with Crippen molar-refractivity contribution in [1.82, 2.24) is 5.43 Å². The maximum absolute atomic E-state index is 5.22. The lowest BCUT2D eigenvalue weighted by Gasteiger charge is -2.06. The molecule has 0 saturated heterocycles. The fourth-order valence-electron chi connectivity index (χ4n) is 1.35. The molecule has 0 bridgehead atoms. The number of hydrogen-bond acceptors (Lipinski definition) is 2. The molecule has 0 amide bonds. The first-order valence-electron chi connectivity index (χ1n) is 4.38. The average molecular weight is 164 g/mol. The molecule has 0 aliphatic heterocycles. The van der Waals surface area contributed by atoms with Crippen molar-refractivity contribution in [2.45, 2.75) is 19.8 Å². The highest BCUT2D eigenvalue weighted by molar-refractivity contribution is 5.27.